The topological polar surface area (TPSA) is 83.9 Å². The Morgan fingerprint density at radius 1 is 1.23 bits per heavy atom. The van der Waals surface area contributed by atoms with Gasteiger partial charge in [0, 0.05) is 29.7 Å². The molecule has 1 aliphatic heterocycles. The van der Waals surface area contributed by atoms with Crippen LogP contribution in [-0.4, -0.2) is 49.4 Å². The molecule has 2 heterocycles. The maximum absolute atomic E-state index is 12.6. The smallest absolute Gasteiger partial charge is 0.259 e. The van der Waals surface area contributed by atoms with E-state index in [2.05, 4.69) is 10.2 Å². The number of nitrogens with one attached hydrogen (secondary N) is 1. The van der Waals surface area contributed by atoms with Gasteiger partial charge in [0.2, 0.25) is 0 Å². The van der Waals surface area contributed by atoms with E-state index >= 15 is 0 Å². The van der Waals surface area contributed by atoms with Crippen LogP contribution in [0.15, 0.2) is 47.8 Å². The fourth-order valence-corrected chi connectivity index (χ4v) is 4.13. The fourth-order valence-electron chi connectivity index (χ4n) is 3.24. The standard InChI is InChI=1S/C22H23N3O4S/c1-28-20-12-15(13-26)2-7-18(20)21(27)23-17-5-3-16(4-6-17)19-14-30-22(24-19)25-8-10-29-11-9-25/h2-7,12,14,26H,8-11,13H2,1H3,(H,23,27). The summed E-state index contributed by atoms with van der Waals surface area (Å²) >= 11 is 1.63. The highest BCUT2D eigenvalue weighted by Crippen LogP contribution is 2.29. The first-order valence-electron chi connectivity index (χ1n) is 9.65. The molecular formula is C22H23N3O4S. The largest absolute Gasteiger partial charge is 0.496 e. The number of rotatable bonds is 6. The molecule has 1 amide bonds. The van der Waals surface area contributed by atoms with E-state index in [4.69, 9.17) is 14.5 Å². The van der Waals surface area contributed by atoms with Crippen molar-refractivity contribution < 1.29 is 19.4 Å². The van der Waals surface area contributed by atoms with E-state index in [1.807, 2.05) is 29.6 Å². The Hall–Kier alpha value is -2.94. The van der Waals surface area contributed by atoms with Gasteiger partial charge in [-0.25, -0.2) is 4.98 Å². The van der Waals surface area contributed by atoms with Gasteiger partial charge >= 0.3 is 0 Å². The van der Waals surface area contributed by atoms with E-state index in [-0.39, 0.29) is 12.5 Å². The van der Waals surface area contributed by atoms with Crippen LogP contribution >= 0.6 is 11.3 Å². The number of methoxy groups -OCH3 is 1. The zero-order valence-corrected chi connectivity index (χ0v) is 17.4. The molecule has 8 heteroatoms. The van der Waals surface area contributed by atoms with Gasteiger partial charge < -0.3 is 24.8 Å². The zero-order valence-electron chi connectivity index (χ0n) is 16.6. The molecule has 2 aromatic carbocycles. The van der Waals surface area contributed by atoms with Gasteiger partial charge in [-0.3, -0.25) is 4.79 Å². The number of aromatic nitrogens is 1. The number of hydrogen-bond donors (Lipinski definition) is 2. The molecule has 0 unspecified atom stereocenters. The number of carbonyl (C=O) groups excluding carboxylic acids is 1. The van der Waals surface area contributed by atoms with Gasteiger partial charge in [-0.15, -0.1) is 11.3 Å². The Bertz CT molecular complexity index is 1010. The second-order valence-electron chi connectivity index (χ2n) is 6.84. The minimum atomic E-state index is -0.271. The molecule has 4 rings (SSSR count). The van der Waals surface area contributed by atoms with Crippen molar-refractivity contribution in [3.05, 3.63) is 59.0 Å². The summed E-state index contributed by atoms with van der Waals surface area (Å²) in [6.45, 7) is 3.08. The van der Waals surface area contributed by atoms with Crippen LogP contribution in [0.2, 0.25) is 0 Å². The summed E-state index contributed by atoms with van der Waals surface area (Å²) in [4.78, 5) is 19.6. The predicted molar refractivity (Wildman–Crippen MR) is 117 cm³/mol. The fraction of sp³-hybridized carbons (Fsp3) is 0.273. The van der Waals surface area contributed by atoms with Crippen molar-refractivity contribution in [1.29, 1.82) is 0 Å². The highest BCUT2D eigenvalue weighted by Gasteiger charge is 2.16. The van der Waals surface area contributed by atoms with E-state index in [1.54, 1.807) is 29.5 Å². The van der Waals surface area contributed by atoms with Crippen LogP contribution < -0.4 is 15.0 Å². The van der Waals surface area contributed by atoms with Gasteiger partial charge in [0.25, 0.3) is 5.91 Å². The molecule has 1 fully saturated rings. The van der Waals surface area contributed by atoms with Gasteiger partial charge in [-0.05, 0) is 29.8 Å². The molecule has 1 aliphatic rings. The Morgan fingerprint density at radius 3 is 2.70 bits per heavy atom. The molecule has 0 atom stereocenters. The van der Waals surface area contributed by atoms with Crippen LogP contribution in [0.4, 0.5) is 10.8 Å². The summed E-state index contributed by atoms with van der Waals surface area (Å²) < 4.78 is 10.7. The minimum absolute atomic E-state index is 0.108. The van der Waals surface area contributed by atoms with Crippen molar-refractivity contribution in [3.8, 4) is 17.0 Å². The predicted octanol–water partition coefficient (Wildman–Crippen LogP) is 3.40. The second-order valence-corrected chi connectivity index (χ2v) is 7.68. The van der Waals surface area contributed by atoms with Crippen LogP contribution in [0, 0.1) is 0 Å². The lowest BCUT2D eigenvalue weighted by atomic mass is 10.1. The van der Waals surface area contributed by atoms with Crippen molar-refractivity contribution in [2.45, 2.75) is 6.61 Å². The first-order valence-corrected chi connectivity index (χ1v) is 10.5. The van der Waals surface area contributed by atoms with Crippen molar-refractivity contribution in [2.24, 2.45) is 0 Å². The Balaban J connectivity index is 1.45. The lowest BCUT2D eigenvalue weighted by Gasteiger charge is -2.26. The lowest BCUT2D eigenvalue weighted by molar-refractivity contribution is 0.102. The van der Waals surface area contributed by atoms with Crippen LogP contribution in [-0.2, 0) is 11.3 Å². The average molecular weight is 426 g/mol. The van der Waals surface area contributed by atoms with E-state index in [0.717, 1.165) is 42.7 Å². The molecule has 2 N–H and O–H groups in total. The number of nitrogens with zero attached hydrogens (tertiary/aromatic N) is 2. The molecule has 0 aliphatic carbocycles. The van der Waals surface area contributed by atoms with Gasteiger partial charge in [0.05, 0.1) is 38.2 Å². The number of anilines is 2. The minimum Gasteiger partial charge on any atom is -0.496 e. The molecule has 0 saturated carbocycles. The maximum atomic E-state index is 12.6. The summed E-state index contributed by atoms with van der Waals surface area (Å²) in [5.74, 6) is 0.154. The van der Waals surface area contributed by atoms with Crippen LogP contribution in [0.25, 0.3) is 11.3 Å². The molecule has 7 nitrogen and oxygen atoms in total. The number of hydrogen-bond acceptors (Lipinski definition) is 7. The summed E-state index contributed by atoms with van der Waals surface area (Å²) in [6.07, 6.45) is 0. The third-order valence-electron chi connectivity index (χ3n) is 4.91. The summed E-state index contributed by atoms with van der Waals surface area (Å²) in [5, 5.41) is 15.2. The van der Waals surface area contributed by atoms with Crippen molar-refractivity contribution in [1.82, 2.24) is 4.98 Å². The maximum Gasteiger partial charge on any atom is 0.259 e. The summed E-state index contributed by atoms with van der Waals surface area (Å²) in [7, 11) is 1.50. The molecule has 3 aromatic rings. The highest BCUT2D eigenvalue weighted by molar-refractivity contribution is 7.14. The normalized spacial score (nSPS) is 13.9. The molecule has 1 aromatic heterocycles. The van der Waals surface area contributed by atoms with Crippen molar-refractivity contribution >= 4 is 28.1 Å². The summed E-state index contributed by atoms with van der Waals surface area (Å²) in [6, 6.07) is 12.6. The lowest BCUT2D eigenvalue weighted by Crippen LogP contribution is -2.36. The van der Waals surface area contributed by atoms with Gasteiger partial charge in [0.15, 0.2) is 5.13 Å². The number of carbonyl (C=O) groups is 1. The number of thiazole rings is 1. The number of benzene rings is 2. The number of morpholine rings is 1. The quantitative estimate of drug-likeness (QED) is 0.630. The number of aliphatic hydroxyl groups is 1. The average Bonchev–Trinajstić information content (AvgIpc) is 3.30. The molecule has 0 spiro atoms. The van der Waals surface area contributed by atoms with E-state index in [0.29, 0.717) is 22.6 Å². The van der Waals surface area contributed by atoms with Crippen molar-refractivity contribution in [3.63, 3.8) is 0 Å². The first kappa shape index (κ1) is 20.3. The molecule has 0 bridgehead atoms. The number of aliphatic hydroxyl groups excluding tert-OH is 1. The molecule has 0 radical (unpaired) electrons. The monoisotopic (exact) mass is 425 g/mol. The third-order valence-corrected chi connectivity index (χ3v) is 5.81. The van der Waals surface area contributed by atoms with E-state index in [9.17, 15) is 9.90 Å². The summed E-state index contributed by atoms with van der Waals surface area (Å²) in [5.41, 5.74) is 3.69. The van der Waals surface area contributed by atoms with E-state index < -0.39 is 0 Å². The second kappa shape index (κ2) is 9.25. The van der Waals surface area contributed by atoms with Gasteiger partial charge in [0.1, 0.15) is 5.75 Å². The van der Waals surface area contributed by atoms with Gasteiger partial charge in [-0.1, -0.05) is 18.2 Å². The van der Waals surface area contributed by atoms with Crippen LogP contribution in [0.3, 0.4) is 0 Å². The Kier molecular flexibility index (Phi) is 6.27. The first-order chi connectivity index (χ1) is 14.7. The molecular weight excluding hydrogens is 402 g/mol. The van der Waals surface area contributed by atoms with Gasteiger partial charge in [-0.2, -0.15) is 0 Å². The molecule has 1 saturated heterocycles. The van der Waals surface area contributed by atoms with Crippen molar-refractivity contribution in [2.75, 3.05) is 43.6 Å². The highest BCUT2D eigenvalue weighted by atomic mass is 32.1. The zero-order chi connectivity index (χ0) is 20.9. The molecule has 156 valence electrons. The SMILES string of the molecule is COc1cc(CO)ccc1C(=O)Nc1ccc(-c2csc(N3CCOCC3)n2)cc1. The Morgan fingerprint density at radius 2 is 2.00 bits per heavy atom. The van der Waals surface area contributed by atoms with Crippen LogP contribution in [0.5, 0.6) is 5.75 Å². The van der Waals surface area contributed by atoms with E-state index in [1.165, 1.54) is 7.11 Å². The third kappa shape index (κ3) is 4.46. The Labute approximate surface area is 178 Å². The van der Waals surface area contributed by atoms with Crippen LogP contribution in [0.1, 0.15) is 15.9 Å². The number of ether oxygens (including phenoxy) is 2. The number of amides is 1. The molecule has 30 heavy (non-hydrogen) atoms.